The first-order chi connectivity index (χ1) is 33.3. The average Bonchev–Trinajstić information content (AvgIpc) is 4.16. The standard InChI is InChI=1S/C48H51FN12O7S/c1-69(67,68)60-20-13-28-3-2-4-37(41(28)60)52-43-34-11-16-50-42(34)54-48(55-43)51-30-5-8-38(36(49)25-30)57-18-14-31(15-19-57)56-21-23-58(24-22-56)45(64)29-12-17-59(27-29)32-6-7-33-35(26-32)47(66)61(46(33)65)39-9-10-40(62)53-44(39)63/h2-8,11,16,25-26,29,31,39H,9-10,12-15,17-24,27H2,1H3,(H,53,62,63)(H3,50,51,52,54,55)/t29-,39?/m1/s1. The molecule has 4 saturated heterocycles. The molecule has 1 unspecified atom stereocenters. The summed E-state index contributed by atoms with van der Waals surface area (Å²) in [5, 5.41) is 9.43. The summed E-state index contributed by atoms with van der Waals surface area (Å²) in [6, 6.07) is 16.8. The summed E-state index contributed by atoms with van der Waals surface area (Å²) in [7, 11) is -3.49. The fourth-order valence-corrected chi connectivity index (χ4v) is 11.9. The number of sulfonamides is 1. The van der Waals surface area contributed by atoms with Crippen molar-refractivity contribution in [2.45, 2.75) is 50.6 Å². The van der Waals surface area contributed by atoms with Crippen molar-refractivity contribution in [1.29, 1.82) is 0 Å². The Morgan fingerprint density at radius 2 is 1.58 bits per heavy atom. The highest BCUT2D eigenvalue weighted by atomic mass is 32.2. The van der Waals surface area contributed by atoms with Gasteiger partial charge in [0.15, 0.2) is 0 Å². The Balaban J connectivity index is 0.668. The number of halogens is 1. The molecule has 21 heteroatoms. The first-order valence-corrected chi connectivity index (χ1v) is 25.3. The molecule has 0 bridgehead atoms. The number of nitrogens with zero attached hydrogens (tertiary/aromatic N) is 8. The maximum atomic E-state index is 15.9. The van der Waals surface area contributed by atoms with Crippen LogP contribution >= 0.6 is 0 Å². The number of carbonyl (C=O) groups excluding carboxylic acids is 5. The number of H-pyrrole nitrogens is 1. The number of imide groups is 2. The van der Waals surface area contributed by atoms with Crippen LogP contribution in [-0.4, -0.2) is 145 Å². The predicted molar refractivity (Wildman–Crippen MR) is 256 cm³/mol. The molecule has 8 heterocycles. The van der Waals surface area contributed by atoms with Crippen LogP contribution in [0.2, 0.25) is 0 Å². The van der Waals surface area contributed by atoms with Gasteiger partial charge in [0.1, 0.15) is 23.3 Å². The van der Waals surface area contributed by atoms with E-state index in [9.17, 15) is 32.4 Å². The molecule has 11 rings (SSSR count). The molecule has 5 aromatic rings. The number of piperazine rings is 1. The van der Waals surface area contributed by atoms with Gasteiger partial charge in [0.2, 0.25) is 33.7 Å². The van der Waals surface area contributed by atoms with Crippen molar-refractivity contribution >= 4 is 90.8 Å². The number of para-hydroxylation sites is 1. The number of rotatable bonds is 10. The zero-order valence-corrected chi connectivity index (χ0v) is 38.7. The molecular weight excluding hydrogens is 908 g/mol. The third-order valence-corrected chi connectivity index (χ3v) is 15.7. The van der Waals surface area contributed by atoms with Crippen molar-refractivity contribution in [2.24, 2.45) is 5.92 Å². The van der Waals surface area contributed by atoms with Gasteiger partial charge in [0, 0.05) is 88.9 Å². The number of carbonyl (C=O) groups is 5. The van der Waals surface area contributed by atoms with Crippen LogP contribution in [0, 0.1) is 11.7 Å². The number of fused-ring (bicyclic) bond motifs is 3. The van der Waals surface area contributed by atoms with Crippen molar-refractivity contribution < 1.29 is 36.8 Å². The number of piperidine rings is 2. The van der Waals surface area contributed by atoms with E-state index in [2.05, 4.69) is 40.6 Å². The lowest BCUT2D eigenvalue weighted by Crippen LogP contribution is -2.55. The van der Waals surface area contributed by atoms with E-state index in [0.29, 0.717) is 104 Å². The van der Waals surface area contributed by atoms with E-state index in [4.69, 9.17) is 4.98 Å². The van der Waals surface area contributed by atoms with Crippen LogP contribution < -0.4 is 30.1 Å². The van der Waals surface area contributed by atoms with Crippen LogP contribution in [-0.2, 0) is 30.8 Å². The van der Waals surface area contributed by atoms with E-state index in [1.54, 1.807) is 30.5 Å². The van der Waals surface area contributed by atoms with Gasteiger partial charge in [-0.1, -0.05) is 12.1 Å². The number of benzene rings is 3. The molecule has 0 radical (unpaired) electrons. The van der Waals surface area contributed by atoms with Gasteiger partial charge in [-0.2, -0.15) is 9.97 Å². The average molecular weight is 959 g/mol. The molecule has 4 fully saturated rings. The maximum absolute atomic E-state index is 15.9. The van der Waals surface area contributed by atoms with E-state index in [1.807, 2.05) is 35.2 Å². The van der Waals surface area contributed by atoms with Crippen molar-refractivity contribution in [3.8, 4) is 0 Å². The molecule has 69 heavy (non-hydrogen) atoms. The van der Waals surface area contributed by atoms with Crippen LogP contribution in [0.15, 0.2) is 66.9 Å². The summed E-state index contributed by atoms with van der Waals surface area (Å²) in [5.41, 5.74) is 4.85. The summed E-state index contributed by atoms with van der Waals surface area (Å²) in [6.07, 6.45) is 6.08. The molecular formula is C48H51FN12O7S. The number of amides is 5. The summed E-state index contributed by atoms with van der Waals surface area (Å²) >= 11 is 0. The predicted octanol–water partition coefficient (Wildman–Crippen LogP) is 3.95. The van der Waals surface area contributed by atoms with Gasteiger partial charge >= 0.3 is 0 Å². The molecule has 2 atom stereocenters. The molecule has 0 spiro atoms. The lowest BCUT2D eigenvalue weighted by Gasteiger charge is -2.43. The monoisotopic (exact) mass is 958 g/mol. The zero-order chi connectivity index (χ0) is 47.7. The van der Waals surface area contributed by atoms with Gasteiger partial charge in [0.25, 0.3) is 11.8 Å². The molecule has 2 aromatic heterocycles. The molecule has 0 saturated carbocycles. The lowest BCUT2D eigenvalue weighted by molar-refractivity contribution is -0.137. The van der Waals surface area contributed by atoms with Crippen molar-refractivity contribution in [1.82, 2.24) is 35.0 Å². The molecule has 19 nitrogen and oxygen atoms in total. The maximum Gasteiger partial charge on any atom is 0.262 e. The van der Waals surface area contributed by atoms with E-state index in [1.165, 1.54) is 16.6 Å². The summed E-state index contributed by atoms with van der Waals surface area (Å²) in [6.45, 7) is 5.61. The molecule has 5 amide bonds. The Labute approximate surface area is 397 Å². The second-order valence-electron chi connectivity index (χ2n) is 18.6. The normalized spacial score (nSPS) is 21.3. The second-order valence-corrected chi connectivity index (χ2v) is 20.5. The molecule has 6 aliphatic heterocycles. The van der Waals surface area contributed by atoms with E-state index in [-0.39, 0.29) is 47.6 Å². The molecule has 0 aliphatic carbocycles. The highest BCUT2D eigenvalue weighted by Crippen LogP contribution is 2.40. The quantitative estimate of drug-likeness (QED) is 0.146. The minimum Gasteiger partial charge on any atom is -0.371 e. The number of aromatic nitrogens is 3. The largest absolute Gasteiger partial charge is 0.371 e. The highest BCUT2D eigenvalue weighted by Gasteiger charge is 2.45. The molecule has 3 aromatic carbocycles. The number of hydrogen-bond donors (Lipinski definition) is 4. The Kier molecular flexibility index (Phi) is 11.2. The Hall–Kier alpha value is -7.13. The Morgan fingerprint density at radius 3 is 2.35 bits per heavy atom. The Morgan fingerprint density at radius 1 is 0.797 bits per heavy atom. The van der Waals surface area contributed by atoms with E-state index >= 15 is 4.39 Å². The van der Waals surface area contributed by atoms with E-state index in [0.717, 1.165) is 42.1 Å². The van der Waals surface area contributed by atoms with Gasteiger partial charge in [-0.25, -0.2) is 12.8 Å². The highest BCUT2D eigenvalue weighted by molar-refractivity contribution is 7.92. The summed E-state index contributed by atoms with van der Waals surface area (Å²) in [4.78, 5) is 86.5. The summed E-state index contributed by atoms with van der Waals surface area (Å²) in [5.74, 6) is -1.94. The minimum absolute atomic E-state index is 0.0517. The van der Waals surface area contributed by atoms with Crippen molar-refractivity contribution in [2.75, 3.05) is 89.9 Å². The van der Waals surface area contributed by atoms with Gasteiger partial charge in [0.05, 0.1) is 45.7 Å². The fourth-order valence-electron chi connectivity index (χ4n) is 10.9. The van der Waals surface area contributed by atoms with Gasteiger partial charge in [-0.05, 0) is 86.2 Å². The van der Waals surface area contributed by atoms with Crippen LogP contribution in [0.4, 0.5) is 44.6 Å². The van der Waals surface area contributed by atoms with Crippen LogP contribution in [0.25, 0.3) is 11.0 Å². The number of hydrogen-bond acceptors (Lipinski definition) is 14. The van der Waals surface area contributed by atoms with Crippen molar-refractivity contribution in [3.63, 3.8) is 0 Å². The topological polar surface area (TPSA) is 217 Å². The van der Waals surface area contributed by atoms with E-state index < -0.39 is 39.7 Å². The minimum atomic E-state index is -3.49. The summed E-state index contributed by atoms with van der Waals surface area (Å²) < 4.78 is 42.5. The number of anilines is 7. The van der Waals surface area contributed by atoms with Gasteiger partial charge in [-0.15, -0.1) is 0 Å². The number of aromatic amines is 1. The molecule has 6 aliphatic rings. The second kappa shape index (κ2) is 17.4. The van der Waals surface area contributed by atoms with Gasteiger partial charge < -0.3 is 30.3 Å². The third-order valence-electron chi connectivity index (χ3n) is 14.5. The third kappa shape index (κ3) is 8.25. The van der Waals surface area contributed by atoms with Crippen molar-refractivity contribution in [3.05, 3.63) is 89.4 Å². The smallest absolute Gasteiger partial charge is 0.262 e. The Bertz CT molecular complexity index is 3060. The SMILES string of the molecule is CS(=O)(=O)N1CCc2cccc(Nc3nc(Nc4ccc(N5CCC(N6CCN(C(=O)[C@@H]7CCN(c8ccc9c(c8)C(=O)N(C8CCC(=O)NC8=O)C9=O)C7)CC6)CC5)c(F)c4)nc4[nH]ccc34)c21. The lowest BCUT2D eigenvalue weighted by atomic mass is 10.0. The fraction of sp³-hybridized carbons (Fsp3) is 0.396. The first-order valence-electron chi connectivity index (χ1n) is 23.4. The molecule has 358 valence electrons. The number of nitrogens with one attached hydrogen (secondary N) is 4. The zero-order valence-electron chi connectivity index (χ0n) is 37.9. The first kappa shape index (κ1) is 44.4. The van der Waals surface area contributed by atoms with Gasteiger partial charge in [-0.3, -0.25) is 43.4 Å². The van der Waals surface area contributed by atoms with Crippen LogP contribution in [0.3, 0.4) is 0 Å². The molecule has 4 N–H and O–H groups in total. The van der Waals surface area contributed by atoms with Crippen LogP contribution in [0.5, 0.6) is 0 Å². The van der Waals surface area contributed by atoms with Crippen LogP contribution in [0.1, 0.15) is 58.4 Å².